The fourth-order valence-electron chi connectivity index (χ4n) is 3.95. The normalized spacial score (nSPS) is 15.6. The Hall–Kier alpha value is -2.62. The van der Waals surface area contributed by atoms with Crippen LogP contribution in [0, 0.1) is 6.92 Å². The lowest BCUT2D eigenvalue weighted by molar-refractivity contribution is -0.122. The van der Waals surface area contributed by atoms with E-state index >= 15 is 0 Å². The van der Waals surface area contributed by atoms with E-state index in [2.05, 4.69) is 22.3 Å². The number of aryl methyl sites for hydroxylation is 1. The summed E-state index contributed by atoms with van der Waals surface area (Å²) in [5, 5.41) is 2.88. The molecule has 1 saturated heterocycles. The van der Waals surface area contributed by atoms with E-state index in [9.17, 15) is 13.2 Å². The fourth-order valence-corrected chi connectivity index (χ4v) is 5.12. The third-order valence-corrected chi connectivity index (χ3v) is 6.86. The number of sulfonamides is 1. The fraction of sp³-hybridized carbons (Fsp3) is 0.458. The molecule has 180 valence electrons. The van der Waals surface area contributed by atoms with Gasteiger partial charge in [0.2, 0.25) is 15.9 Å². The van der Waals surface area contributed by atoms with Crippen LogP contribution in [0.3, 0.4) is 0 Å². The number of hydrogen-bond donors (Lipinski definition) is 1. The minimum Gasteiger partial charge on any atom is -0.495 e. The molecule has 0 spiro atoms. The Balaban J connectivity index is 1.71. The van der Waals surface area contributed by atoms with Gasteiger partial charge in [-0.15, -0.1) is 0 Å². The molecule has 0 aromatic heterocycles. The summed E-state index contributed by atoms with van der Waals surface area (Å²) in [4.78, 5) is 15.3. The van der Waals surface area contributed by atoms with Gasteiger partial charge in [0.25, 0.3) is 0 Å². The zero-order chi connectivity index (χ0) is 24.0. The van der Waals surface area contributed by atoms with Gasteiger partial charge in [0.15, 0.2) is 0 Å². The SMILES string of the molecule is COc1ccc(C)cc1N([C@@H](C)C(=O)NCc1cccc(CN2CCOCC2)c1)S(C)(=O)=O. The average molecular weight is 476 g/mol. The molecule has 0 aliphatic carbocycles. The molecular weight excluding hydrogens is 442 g/mol. The molecule has 0 radical (unpaired) electrons. The summed E-state index contributed by atoms with van der Waals surface area (Å²) in [6.07, 6.45) is 1.09. The first-order chi connectivity index (χ1) is 15.7. The molecule has 3 rings (SSSR count). The number of hydrogen-bond acceptors (Lipinski definition) is 6. The van der Waals surface area contributed by atoms with Gasteiger partial charge in [0.1, 0.15) is 11.8 Å². The quantitative estimate of drug-likeness (QED) is 0.599. The molecule has 0 bridgehead atoms. The molecule has 0 saturated carbocycles. The molecule has 0 unspecified atom stereocenters. The summed E-state index contributed by atoms with van der Waals surface area (Å²) < 4.78 is 37.2. The lowest BCUT2D eigenvalue weighted by Crippen LogP contribution is -2.47. The molecule has 2 aromatic rings. The lowest BCUT2D eigenvalue weighted by Gasteiger charge is -2.29. The van der Waals surface area contributed by atoms with E-state index < -0.39 is 16.1 Å². The van der Waals surface area contributed by atoms with Crippen molar-refractivity contribution in [1.29, 1.82) is 0 Å². The van der Waals surface area contributed by atoms with Crippen molar-refractivity contribution < 1.29 is 22.7 Å². The van der Waals surface area contributed by atoms with Gasteiger partial charge in [-0.05, 0) is 42.7 Å². The number of amides is 1. The highest BCUT2D eigenvalue weighted by Crippen LogP contribution is 2.32. The van der Waals surface area contributed by atoms with E-state index in [-0.39, 0.29) is 5.91 Å². The van der Waals surface area contributed by atoms with Crippen LogP contribution in [0.15, 0.2) is 42.5 Å². The summed E-state index contributed by atoms with van der Waals surface area (Å²) >= 11 is 0. The summed E-state index contributed by atoms with van der Waals surface area (Å²) in [7, 11) is -2.27. The Kier molecular flexibility index (Phi) is 8.34. The monoisotopic (exact) mass is 475 g/mol. The third kappa shape index (κ3) is 6.69. The van der Waals surface area contributed by atoms with E-state index in [0.717, 1.165) is 54.5 Å². The zero-order valence-electron chi connectivity index (χ0n) is 19.7. The summed E-state index contributed by atoms with van der Waals surface area (Å²) in [6, 6.07) is 12.3. The van der Waals surface area contributed by atoms with Crippen LogP contribution in [-0.2, 0) is 32.6 Å². The van der Waals surface area contributed by atoms with Gasteiger partial charge in [0, 0.05) is 26.2 Å². The number of nitrogens with one attached hydrogen (secondary N) is 1. The van der Waals surface area contributed by atoms with Gasteiger partial charge in [-0.1, -0.05) is 30.3 Å². The van der Waals surface area contributed by atoms with Crippen LogP contribution < -0.4 is 14.4 Å². The van der Waals surface area contributed by atoms with Crippen molar-refractivity contribution in [2.24, 2.45) is 0 Å². The van der Waals surface area contributed by atoms with Crippen molar-refractivity contribution in [2.45, 2.75) is 33.0 Å². The highest BCUT2D eigenvalue weighted by atomic mass is 32.2. The van der Waals surface area contributed by atoms with Crippen LogP contribution in [0.1, 0.15) is 23.6 Å². The zero-order valence-corrected chi connectivity index (χ0v) is 20.5. The summed E-state index contributed by atoms with van der Waals surface area (Å²) in [6.45, 7) is 7.88. The lowest BCUT2D eigenvalue weighted by atomic mass is 10.1. The van der Waals surface area contributed by atoms with Gasteiger partial charge in [-0.3, -0.25) is 14.0 Å². The Labute approximate surface area is 196 Å². The molecule has 8 nitrogen and oxygen atoms in total. The summed E-state index contributed by atoms with van der Waals surface area (Å²) in [5.74, 6) is 0.00376. The first-order valence-electron chi connectivity index (χ1n) is 11.0. The Morgan fingerprint density at radius 2 is 1.88 bits per heavy atom. The van der Waals surface area contributed by atoms with Crippen LogP contribution in [0.5, 0.6) is 5.75 Å². The van der Waals surface area contributed by atoms with Crippen molar-refractivity contribution in [2.75, 3.05) is 44.0 Å². The van der Waals surface area contributed by atoms with E-state index in [4.69, 9.17) is 9.47 Å². The molecule has 2 aromatic carbocycles. The molecule has 1 heterocycles. The largest absolute Gasteiger partial charge is 0.495 e. The third-order valence-electron chi connectivity index (χ3n) is 5.63. The maximum Gasteiger partial charge on any atom is 0.243 e. The minimum absolute atomic E-state index is 0.308. The number of ether oxygens (including phenoxy) is 2. The molecule has 1 fully saturated rings. The molecular formula is C24H33N3O5S. The number of morpholine rings is 1. The first kappa shape index (κ1) is 25.0. The number of rotatable bonds is 9. The number of methoxy groups -OCH3 is 1. The van der Waals surface area contributed by atoms with Crippen molar-refractivity contribution in [3.8, 4) is 5.75 Å². The maximum absolute atomic E-state index is 13.0. The van der Waals surface area contributed by atoms with Crippen molar-refractivity contribution in [1.82, 2.24) is 10.2 Å². The first-order valence-corrected chi connectivity index (χ1v) is 12.8. The Bertz CT molecular complexity index is 1070. The highest BCUT2D eigenvalue weighted by Gasteiger charge is 2.31. The molecule has 1 aliphatic heterocycles. The van der Waals surface area contributed by atoms with Crippen LogP contribution in [0.2, 0.25) is 0 Å². The molecule has 1 aliphatic rings. The number of benzene rings is 2. The van der Waals surface area contributed by atoms with Crippen LogP contribution in [0.25, 0.3) is 0 Å². The standard InChI is InChI=1S/C24H33N3O5S/c1-18-8-9-23(31-3)22(14-18)27(33(4,29)30)19(2)24(28)25-16-20-6-5-7-21(15-20)17-26-10-12-32-13-11-26/h5-9,14-15,19H,10-13,16-17H2,1-4H3,(H,25,28)/t19-/m0/s1. The smallest absolute Gasteiger partial charge is 0.243 e. The number of carbonyl (C=O) groups is 1. The number of carbonyl (C=O) groups excluding carboxylic acids is 1. The van der Waals surface area contributed by atoms with Gasteiger partial charge in [-0.25, -0.2) is 8.42 Å². The number of nitrogens with zero attached hydrogens (tertiary/aromatic N) is 2. The number of anilines is 1. The van der Waals surface area contributed by atoms with Crippen LogP contribution >= 0.6 is 0 Å². The molecule has 1 amide bonds. The molecule has 1 N–H and O–H groups in total. The van der Waals surface area contributed by atoms with Crippen molar-refractivity contribution >= 4 is 21.6 Å². The van der Waals surface area contributed by atoms with E-state index in [1.54, 1.807) is 19.1 Å². The van der Waals surface area contributed by atoms with E-state index in [1.165, 1.54) is 12.7 Å². The average Bonchev–Trinajstić information content (AvgIpc) is 2.78. The second kappa shape index (κ2) is 11.0. The van der Waals surface area contributed by atoms with Gasteiger partial charge < -0.3 is 14.8 Å². The molecule has 1 atom stereocenters. The van der Waals surface area contributed by atoms with Crippen molar-refractivity contribution in [3.05, 3.63) is 59.2 Å². The van der Waals surface area contributed by atoms with E-state index in [1.807, 2.05) is 25.1 Å². The minimum atomic E-state index is -3.74. The second-order valence-electron chi connectivity index (χ2n) is 8.34. The van der Waals surface area contributed by atoms with Gasteiger partial charge in [-0.2, -0.15) is 0 Å². The summed E-state index contributed by atoms with van der Waals surface area (Å²) in [5.41, 5.74) is 3.33. The predicted molar refractivity (Wildman–Crippen MR) is 129 cm³/mol. The van der Waals surface area contributed by atoms with Crippen LogP contribution in [0.4, 0.5) is 5.69 Å². The molecule has 9 heteroatoms. The Morgan fingerprint density at radius 1 is 1.18 bits per heavy atom. The van der Waals surface area contributed by atoms with Crippen LogP contribution in [-0.4, -0.2) is 64.9 Å². The van der Waals surface area contributed by atoms with E-state index in [0.29, 0.717) is 18.0 Å². The highest BCUT2D eigenvalue weighted by molar-refractivity contribution is 7.92. The maximum atomic E-state index is 13.0. The van der Waals surface area contributed by atoms with Crippen molar-refractivity contribution in [3.63, 3.8) is 0 Å². The van der Waals surface area contributed by atoms with Gasteiger partial charge in [0.05, 0.1) is 32.3 Å². The van der Waals surface area contributed by atoms with Gasteiger partial charge >= 0.3 is 0 Å². The Morgan fingerprint density at radius 3 is 2.55 bits per heavy atom. The molecule has 33 heavy (non-hydrogen) atoms. The predicted octanol–water partition coefficient (Wildman–Crippen LogP) is 2.31. The topological polar surface area (TPSA) is 88.2 Å². The second-order valence-corrected chi connectivity index (χ2v) is 10.2.